The normalized spacial score (nSPS) is 10.1. The van der Waals surface area contributed by atoms with Crippen LogP contribution in [0.25, 0.3) is 0 Å². The van der Waals surface area contributed by atoms with Crippen LogP contribution in [0, 0.1) is 0 Å². The standard InChI is InChI=1S/C12H17NO4S/c1-3-16-11(14)6-5-9-10(18-8-13-9)7-12(15)17-4-2/h8H,3-7H2,1-2H3. The number of ether oxygens (including phenoxy) is 2. The third-order valence-electron chi connectivity index (χ3n) is 2.21. The number of rotatable bonds is 7. The second kappa shape index (κ2) is 7.81. The SMILES string of the molecule is CCOC(=O)CCc1ncsc1CC(=O)OCC. The average molecular weight is 271 g/mol. The highest BCUT2D eigenvalue weighted by atomic mass is 32.1. The summed E-state index contributed by atoms with van der Waals surface area (Å²) in [7, 11) is 0. The van der Waals surface area contributed by atoms with Crippen LogP contribution in [-0.4, -0.2) is 30.1 Å². The molecule has 0 saturated heterocycles. The summed E-state index contributed by atoms with van der Waals surface area (Å²) in [5.41, 5.74) is 2.45. The Bertz CT molecular complexity index is 403. The summed E-state index contributed by atoms with van der Waals surface area (Å²) in [6.45, 7) is 4.29. The van der Waals surface area contributed by atoms with Crippen LogP contribution in [0.1, 0.15) is 30.8 Å². The van der Waals surface area contributed by atoms with Crippen LogP contribution in [0.15, 0.2) is 5.51 Å². The fraction of sp³-hybridized carbons (Fsp3) is 0.583. The van der Waals surface area contributed by atoms with Gasteiger partial charge in [0.15, 0.2) is 0 Å². The van der Waals surface area contributed by atoms with Gasteiger partial charge in [0.2, 0.25) is 0 Å². The van der Waals surface area contributed by atoms with E-state index >= 15 is 0 Å². The van der Waals surface area contributed by atoms with Crippen LogP contribution in [0.2, 0.25) is 0 Å². The predicted octanol–water partition coefficient (Wildman–Crippen LogP) is 1.74. The summed E-state index contributed by atoms with van der Waals surface area (Å²) in [6, 6.07) is 0. The maximum absolute atomic E-state index is 11.4. The van der Waals surface area contributed by atoms with E-state index in [2.05, 4.69) is 4.98 Å². The van der Waals surface area contributed by atoms with E-state index in [1.807, 2.05) is 0 Å². The fourth-order valence-electron chi connectivity index (χ4n) is 1.44. The Kier molecular flexibility index (Phi) is 6.35. The molecule has 0 atom stereocenters. The second-order valence-corrected chi connectivity index (χ2v) is 4.45. The zero-order valence-corrected chi connectivity index (χ0v) is 11.4. The van der Waals surface area contributed by atoms with Crippen molar-refractivity contribution in [2.75, 3.05) is 13.2 Å². The number of carbonyl (C=O) groups is 2. The van der Waals surface area contributed by atoms with Gasteiger partial charge in [0, 0.05) is 11.3 Å². The summed E-state index contributed by atoms with van der Waals surface area (Å²) in [4.78, 5) is 27.6. The van der Waals surface area contributed by atoms with Crippen molar-refractivity contribution >= 4 is 23.3 Å². The molecular formula is C12H17NO4S. The maximum Gasteiger partial charge on any atom is 0.311 e. The predicted molar refractivity (Wildman–Crippen MR) is 67.4 cm³/mol. The van der Waals surface area contributed by atoms with Crippen molar-refractivity contribution in [3.63, 3.8) is 0 Å². The molecule has 0 spiro atoms. The molecule has 5 nitrogen and oxygen atoms in total. The number of nitrogens with zero attached hydrogens (tertiary/aromatic N) is 1. The van der Waals surface area contributed by atoms with Gasteiger partial charge in [-0.2, -0.15) is 0 Å². The van der Waals surface area contributed by atoms with Gasteiger partial charge in [-0.25, -0.2) is 4.98 Å². The fourth-order valence-corrected chi connectivity index (χ4v) is 2.24. The van der Waals surface area contributed by atoms with E-state index in [9.17, 15) is 9.59 Å². The highest BCUT2D eigenvalue weighted by molar-refractivity contribution is 7.09. The topological polar surface area (TPSA) is 65.5 Å². The minimum atomic E-state index is -0.265. The Hall–Kier alpha value is -1.43. The van der Waals surface area contributed by atoms with Gasteiger partial charge in [0.25, 0.3) is 0 Å². The van der Waals surface area contributed by atoms with Crippen molar-refractivity contribution in [2.45, 2.75) is 33.1 Å². The molecule has 0 bridgehead atoms. The number of aromatic nitrogens is 1. The van der Waals surface area contributed by atoms with E-state index in [4.69, 9.17) is 9.47 Å². The molecule has 0 saturated carbocycles. The Morgan fingerprint density at radius 1 is 1.22 bits per heavy atom. The van der Waals surface area contributed by atoms with Crippen molar-refractivity contribution in [1.82, 2.24) is 4.98 Å². The molecule has 1 aromatic rings. The van der Waals surface area contributed by atoms with Gasteiger partial charge in [0.1, 0.15) is 0 Å². The third-order valence-corrected chi connectivity index (χ3v) is 3.08. The monoisotopic (exact) mass is 271 g/mol. The van der Waals surface area contributed by atoms with Gasteiger partial charge in [-0.05, 0) is 13.8 Å². The second-order valence-electron chi connectivity index (χ2n) is 3.51. The first-order chi connectivity index (χ1) is 8.67. The zero-order chi connectivity index (χ0) is 13.4. The molecule has 100 valence electrons. The molecule has 0 fully saturated rings. The average Bonchev–Trinajstić information content (AvgIpc) is 2.74. The molecule has 1 aromatic heterocycles. The number of hydrogen-bond acceptors (Lipinski definition) is 6. The Balaban J connectivity index is 2.49. The number of esters is 2. The van der Waals surface area contributed by atoms with E-state index in [0.29, 0.717) is 19.6 Å². The van der Waals surface area contributed by atoms with Crippen molar-refractivity contribution < 1.29 is 19.1 Å². The largest absolute Gasteiger partial charge is 0.466 e. The summed E-state index contributed by atoms with van der Waals surface area (Å²) in [5, 5.41) is 0. The van der Waals surface area contributed by atoms with Crippen LogP contribution >= 0.6 is 11.3 Å². The third kappa shape index (κ3) is 4.83. The van der Waals surface area contributed by atoms with Gasteiger partial charge < -0.3 is 9.47 Å². The number of aryl methyl sites for hydroxylation is 1. The van der Waals surface area contributed by atoms with E-state index in [-0.39, 0.29) is 24.8 Å². The molecule has 0 amide bonds. The number of carbonyl (C=O) groups excluding carboxylic acids is 2. The molecule has 0 radical (unpaired) electrons. The molecule has 0 unspecified atom stereocenters. The zero-order valence-electron chi connectivity index (χ0n) is 10.6. The molecule has 0 N–H and O–H groups in total. The smallest absolute Gasteiger partial charge is 0.311 e. The highest BCUT2D eigenvalue weighted by Gasteiger charge is 2.13. The molecular weight excluding hydrogens is 254 g/mol. The van der Waals surface area contributed by atoms with Crippen molar-refractivity contribution in [3.8, 4) is 0 Å². The lowest BCUT2D eigenvalue weighted by Gasteiger charge is -2.03. The van der Waals surface area contributed by atoms with Crippen LogP contribution in [0.5, 0.6) is 0 Å². The molecule has 0 aliphatic carbocycles. The number of hydrogen-bond donors (Lipinski definition) is 0. The first-order valence-electron chi connectivity index (χ1n) is 5.89. The van der Waals surface area contributed by atoms with Gasteiger partial charge in [0.05, 0.1) is 37.3 Å². The minimum absolute atomic E-state index is 0.219. The summed E-state index contributed by atoms with van der Waals surface area (Å²) in [5.74, 6) is -0.508. The maximum atomic E-state index is 11.4. The quantitative estimate of drug-likeness (QED) is 0.707. The highest BCUT2D eigenvalue weighted by Crippen LogP contribution is 2.16. The first-order valence-corrected chi connectivity index (χ1v) is 6.77. The van der Waals surface area contributed by atoms with E-state index in [0.717, 1.165) is 10.6 Å². The number of thiazole rings is 1. The molecule has 0 aromatic carbocycles. The van der Waals surface area contributed by atoms with Gasteiger partial charge in [-0.15, -0.1) is 11.3 Å². The van der Waals surface area contributed by atoms with Crippen LogP contribution in [0.4, 0.5) is 0 Å². The summed E-state index contributed by atoms with van der Waals surface area (Å²) in [6.07, 6.45) is 1.00. The molecule has 18 heavy (non-hydrogen) atoms. The molecule has 0 aliphatic heterocycles. The van der Waals surface area contributed by atoms with Crippen molar-refractivity contribution in [1.29, 1.82) is 0 Å². The van der Waals surface area contributed by atoms with Gasteiger partial charge in [-0.1, -0.05) is 0 Å². The lowest BCUT2D eigenvalue weighted by Crippen LogP contribution is -2.09. The first kappa shape index (κ1) is 14.6. The Morgan fingerprint density at radius 2 is 1.89 bits per heavy atom. The van der Waals surface area contributed by atoms with E-state index in [1.54, 1.807) is 19.4 Å². The van der Waals surface area contributed by atoms with Crippen LogP contribution in [-0.2, 0) is 31.9 Å². The molecule has 1 heterocycles. The molecule has 0 aliphatic rings. The lowest BCUT2D eigenvalue weighted by molar-refractivity contribution is -0.143. The summed E-state index contributed by atoms with van der Waals surface area (Å²) < 4.78 is 9.73. The van der Waals surface area contributed by atoms with E-state index in [1.165, 1.54) is 11.3 Å². The van der Waals surface area contributed by atoms with Crippen molar-refractivity contribution in [2.24, 2.45) is 0 Å². The van der Waals surface area contributed by atoms with Gasteiger partial charge >= 0.3 is 11.9 Å². The Labute approximate surface area is 110 Å². The molecule has 6 heteroatoms. The minimum Gasteiger partial charge on any atom is -0.466 e. The Morgan fingerprint density at radius 3 is 2.56 bits per heavy atom. The van der Waals surface area contributed by atoms with Gasteiger partial charge in [-0.3, -0.25) is 9.59 Å². The van der Waals surface area contributed by atoms with E-state index < -0.39 is 0 Å². The molecule has 1 rings (SSSR count). The van der Waals surface area contributed by atoms with Crippen LogP contribution < -0.4 is 0 Å². The van der Waals surface area contributed by atoms with Crippen molar-refractivity contribution in [3.05, 3.63) is 16.1 Å². The summed E-state index contributed by atoms with van der Waals surface area (Å²) >= 11 is 1.40. The van der Waals surface area contributed by atoms with Crippen LogP contribution in [0.3, 0.4) is 0 Å². The lowest BCUT2D eigenvalue weighted by atomic mass is 10.2.